The Morgan fingerprint density at radius 3 is 2.50 bits per heavy atom. The summed E-state index contributed by atoms with van der Waals surface area (Å²) >= 11 is 0. The molecule has 0 heterocycles. The van der Waals surface area contributed by atoms with Crippen LogP contribution in [0.5, 0.6) is 0 Å². The zero-order valence-corrected chi connectivity index (χ0v) is 3.85. The van der Waals surface area contributed by atoms with Gasteiger partial charge in [-0.25, -0.2) is 4.58 Å². The fraction of sp³-hybridized carbons (Fsp3) is 0.500. The Labute approximate surface area is 37.1 Å². The fourth-order valence-corrected chi connectivity index (χ4v) is 0.127. The highest BCUT2D eigenvalue weighted by atomic mass is 16.1. The van der Waals surface area contributed by atoms with Gasteiger partial charge in [-0.3, -0.25) is 4.79 Å². The molecule has 0 N–H and O–H groups in total. The van der Waals surface area contributed by atoms with Gasteiger partial charge in [0.25, 0.3) is 0 Å². The Bertz CT molecular complexity index is 67.9. The second kappa shape index (κ2) is 2.57. The lowest BCUT2D eigenvalue weighted by molar-refractivity contribution is -0.474. The number of rotatable bonds is 2. The first-order chi connectivity index (χ1) is 2.77. The van der Waals surface area contributed by atoms with Gasteiger partial charge in [-0.15, -0.1) is 0 Å². The van der Waals surface area contributed by atoms with Gasteiger partial charge in [0, 0.05) is 0 Å². The maximum absolute atomic E-state index is 9.53. The molecule has 0 unspecified atom stereocenters. The number of hydrogen-bond acceptors (Lipinski definition) is 1. The van der Waals surface area contributed by atoms with Crippen LogP contribution in [0.3, 0.4) is 0 Å². The summed E-state index contributed by atoms with van der Waals surface area (Å²) in [6, 6.07) is 0. The quantitative estimate of drug-likeness (QED) is 0.253. The van der Waals surface area contributed by atoms with E-state index in [-0.39, 0.29) is 0 Å². The molecule has 0 saturated heterocycles. The van der Waals surface area contributed by atoms with Crippen molar-refractivity contribution < 1.29 is 9.37 Å². The Morgan fingerprint density at radius 2 is 2.50 bits per heavy atom. The van der Waals surface area contributed by atoms with Gasteiger partial charge in [-0.05, 0) is 0 Å². The van der Waals surface area contributed by atoms with Crippen molar-refractivity contribution in [2.24, 2.45) is 0 Å². The summed E-state index contributed by atoms with van der Waals surface area (Å²) < 4.78 is 1.56. The average Bonchev–Trinajstić information content (AvgIpc) is 1.35. The minimum absolute atomic E-state index is 0.417. The van der Waals surface area contributed by atoms with Crippen LogP contribution >= 0.6 is 0 Å². The molecule has 0 spiro atoms. The Kier molecular flexibility index (Phi) is 2.29. The monoisotopic (exact) mass is 86.1 g/mol. The molecule has 0 bridgehead atoms. The molecular formula is C4H8NO+. The maximum atomic E-state index is 9.53. The Hall–Kier alpha value is -0.660. The molecule has 2 heteroatoms. The molecule has 34 valence electrons. The van der Waals surface area contributed by atoms with Crippen LogP contribution in [-0.4, -0.2) is 31.2 Å². The van der Waals surface area contributed by atoms with Gasteiger partial charge in [-0.2, -0.15) is 0 Å². The molecule has 0 aliphatic rings. The molecule has 0 atom stereocenters. The minimum atomic E-state index is 0.417. The molecule has 0 aromatic heterocycles. The first kappa shape index (κ1) is 5.34. The number of likely N-dealkylation sites (N-methyl/N-ethyl adjacent to an activating group) is 1. The van der Waals surface area contributed by atoms with E-state index < -0.39 is 0 Å². The molecule has 0 aromatic rings. The summed E-state index contributed by atoms with van der Waals surface area (Å²) in [6.07, 6.45) is 0.812. The lowest BCUT2D eigenvalue weighted by atomic mass is 10.7. The second-order valence-electron chi connectivity index (χ2n) is 1.21. The standard InChI is InChI=1S/C4H8NO/c1-5(2)3-4-6/h4H,1,3H2,2H3/q+1. The molecule has 0 amide bonds. The van der Waals surface area contributed by atoms with Crippen LogP contribution in [0.15, 0.2) is 0 Å². The van der Waals surface area contributed by atoms with Gasteiger partial charge < -0.3 is 0 Å². The number of hydrogen-bond donors (Lipinski definition) is 0. The van der Waals surface area contributed by atoms with Crippen LogP contribution in [0.4, 0.5) is 0 Å². The van der Waals surface area contributed by atoms with Crippen molar-refractivity contribution in [3.05, 3.63) is 0 Å². The molecule has 0 radical (unpaired) electrons. The Balaban J connectivity index is 3.05. The van der Waals surface area contributed by atoms with E-state index in [1.807, 2.05) is 0 Å². The smallest absolute Gasteiger partial charge is 0.197 e. The van der Waals surface area contributed by atoms with Crippen molar-refractivity contribution in [3.63, 3.8) is 0 Å². The van der Waals surface area contributed by atoms with E-state index in [0.29, 0.717) is 6.54 Å². The maximum Gasteiger partial charge on any atom is 0.197 e. The Morgan fingerprint density at radius 1 is 2.00 bits per heavy atom. The van der Waals surface area contributed by atoms with Crippen molar-refractivity contribution in [1.82, 2.24) is 0 Å². The molecule has 6 heavy (non-hydrogen) atoms. The van der Waals surface area contributed by atoms with E-state index in [0.717, 1.165) is 6.29 Å². The summed E-state index contributed by atoms with van der Waals surface area (Å²) in [7, 11) is 1.74. The van der Waals surface area contributed by atoms with Crippen LogP contribution in [0.1, 0.15) is 0 Å². The SMILES string of the molecule is C=[N+](C)CC=O. The van der Waals surface area contributed by atoms with E-state index >= 15 is 0 Å². The summed E-state index contributed by atoms with van der Waals surface area (Å²) in [5, 5.41) is 0. The molecule has 0 rings (SSSR count). The predicted molar refractivity (Wildman–Crippen MR) is 24.2 cm³/mol. The van der Waals surface area contributed by atoms with E-state index in [2.05, 4.69) is 6.72 Å². The molecule has 0 aliphatic carbocycles. The third-order valence-electron chi connectivity index (χ3n) is 0.386. The fourth-order valence-electron chi connectivity index (χ4n) is 0.127. The number of aldehydes is 1. The summed E-state index contributed by atoms with van der Waals surface area (Å²) in [5.41, 5.74) is 0. The van der Waals surface area contributed by atoms with E-state index in [4.69, 9.17) is 0 Å². The topological polar surface area (TPSA) is 20.1 Å². The predicted octanol–water partition coefficient (Wildman–Crippen LogP) is -0.472. The van der Waals surface area contributed by atoms with Crippen LogP contribution < -0.4 is 0 Å². The zero-order chi connectivity index (χ0) is 4.99. The first-order valence-electron chi connectivity index (χ1n) is 1.72. The van der Waals surface area contributed by atoms with Crippen LogP contribution in [0.2, 0.25) is 0 Å². The van der Waals surface area contributed by atoms with E-state index in [9.17, 15) is 4.79 Å². The van der Waals surface area contributed by atoms with Crippen LogP contribution in [0.25, 0.3) is 0 Å². The highest BCUT2D eigenvalue weighted by Gasteiger charge is 1.80. The van der Waals surface area contributed by atoms with Crippen molar-refractivity contribution >= 4 is 13.0 Å². The highest BCUT2D eigenvalue weighted by Crippen LogP contribution is 1.50. The molecule has 2 nitrogen and oxygen atoms in total. The van der Waals surface area contributed by atoms with Gasteiger partial charge in [0.05, 0.1) is 0 Å². The average molecular weight is 86.1 g/mol. The van der Waals surface area contributed by atoms with Crippen molar-refractivity contribution in [1.29, 1.82) is 0 Å². The third-order valence-corrected chi connectivity index (χ3v) is 0.386. The molecule has 0 fully saturated rings. The zero-order valence-electron chi connectivity index (χ0n) is 3.85. The lowest BCUT2D eigenvalue weighted by Gasteiger charge is -1.77. The molecular weight excluding hydrogens is 78.0 g/mol. The lowest BCUT2D eigenvalue weighted by Crippen LogP contribution is -2.03. The van der Waals surface area contributed by atoms with Gasteiger partial charge >= 0.3 is 0 Å². The number of carbonyl (C=O) groups is 1. The molecule has 0 aliphatic heterocycles. The minimum Gasteiger partial charge on any atom is -0.296 e. The van der Waals surface area contributed by atoms with Gasteiger partial charge in [0.15, 0.2) is 12.8 Å². The molecule has 0 saturated carbocycles. The largest absolute Gasteiger partial charge is 0.296 e. The third kappa shape index (κ3) is 3.34. The van der Waals surface area contributed by atoms with Gasteiger partial charge in [0.2, 0.25) is 0 Å². The van der Waals surface area contributed by atoms with E-state index in [1.54, 1.807) is 11.6 Å². The highest BCUT2D eigenvalue weighted by molar-refractivity contribution is 5.50. The van der Waals surface area contributed by atoms with Gasteiger partial charge in [0.1, 0.15) is 13.8 Å². The summed E-state index contributed by atoms with van der Waals surface area (Å²) in [6.45, 7) is 3.85. The van der Waals surface area contributed by atoms with E-state index in [1.165, 1.54) is 0 Å². The summed E-state index contributed by atoms with van der Waals surface area (Å²) in [5.74, 6) is 0. The van der Waals surface area contributed by atoms with Crippen molar-refractivity contribution in [3.8, 4) is 0 Å². The normalized spacial score (nSPS) is 7.50. The first-order valence-corrected chi connectivity index (χ1v) is 1.72. The van der Waals surface area contributed by atoms with Crippen molar-refractivity contribution in [2.75, 3.05) is 13.6 Å². The van der Waals surface area contributed by atoms with Crippen molar-refractivity contribution in [2.45, 2.75) is 0 Å². The summed E-state index contributed by atoms with van der Waals surface area (Å²) in [4.78, 5) is 9.53. The van der Waals surface area contributed by atoms with Gasteiger partial charge in [-0.1, -0.05) is 0 Å². The molecule has 0 aromatic carbocycles. The number of carbonyl (C=O) groups excluding carboxylic acids is 1. The van der Waals surface area contributed by atoms with Crippen LogP contribution in [0, 0.1) is 0 Å². The van der Waals surface area contributed by atoms with Crippen LogP contribution in [-0.2, 0) is 4.79 Å². The number of nitrogens with zero attached hydrogens (tertiary/aromatic N) is 1. The second-order valence-corrected chi connectivity index (χ2v) is 1.21.